The van der Waals surface area contributed by atoms with Gasteiger partial charge in [-0.1, -0.05) is 29.8 Å². The summed E-state index contributed by atoms with van der Waals surface area (Å²) in [6.07, 6.45) is 1.54. The third-order valence-corrected chi connectivity index (χ3v) is 7.48. The van der Waals surface area contributed by atoms with E-state index in [1.807, 2.05) is 37.3 Å². The van der Waals surface area contributed by atoms with E-state index in [1.54, 1.807) is 9.58 Å². The number of hydrogen-bond acceptors (Lipinski definition) is 4. The number of rotatable bonds is 4. The van der Waals surface area contributed by atoms with E-state index in [4.69, 9.17) is 11.6 Å². The standard InChI is InChI=1S/C21H20ClFN4O3S/c1-15-18(14-24-27(15)16-5-3-2-4-6-16)21(28)25-9-11-26(12-10-25)31(29,30)17-7-8-20(23)19(22)13-17/h2-8,13-14H,9-12H2,1H3. The largest absolute Gasteiger partial charge is 0.336 e. The Morgan fingerprint density at radius 2 is 1.74 bits per heavy atom. The molecule has 2 aromatic carbocycles. The van der Waals surface area contributed by atoms with E-state index in [-0.39, 0.29) is 42.0 Å². The average molecular weight is 463 g/mol. The first kappa shape index (κ1) is 21.5. The smallest absolute Gasteiger partial charge is 0.257 e. The first-order chi connectivity index (χ1) is 14.8. The molecule has 0 unspecified atom stereocenters. The molecule has 10 heteroatoms. The highest BCUT2D eigenvalue weighted by Gasteiger charge is 2.31. The van der Waals surface area contributed by atoms with Gasteiger partial charge in [-0.25, -0.2) is 17.5 Å². The molecule has 0 radical (unpaired) electrons. The predicted octanol–water partition coefficient (Wildman–Crippen LogP) is 3.12. The van der Waals surface area contributed by atoms with Crippen LogP contribution in [0, 0.1) is 12.7 Å². The molecule has 1 amide bonds. The molecule has 0 N–H and O–H groups in total. The lowest BCUT2D eigenvalue weighted by atomic mass is 10.2. The highest BCUT2D eigenvalue weighted by atomic mass is 35.5. The lowest BCUT2D eigenvalue weighted by molar-refractivity contribution is 0.0697. The van der Waals surface area contributed by atoms with E-state index in [0.717, 1.165) is 17.8 Å². The van der Waals surface area contributed by atoms with E-state index in [2.05, 4.69) is 5.10 Å². The fraction of sp³-hybridized carbons (Fsp3) is 0.238. The monoisotopic (exact) mass is 462 g/mol. The van der Waals surface area contributed by atoms with E-state index < -0.39 is 15.8 Å². The van der Waals surface area contributed by atoms with Crippen LogP contribution in [-0.2, 0) is 10.0 Å². The second-order valence-electron chi connectivity index (χ2n) is 7.16. The van der Waals surface area contributed by atoms with Gasteiger partial charge in [-0.05, 0) is 37.3 Å². The summed E-state index contributed by atoms with van der Waals surface area (Å²) < 4.78 is 42.0. The van der Waals surface area contributed by atoms with Crippen molar-refractivity contribution in [1.29, 1.82) is 0 Å². The minimum absolute atomic E-state index is 0.0707. The number of sulfonamides is 1. The molecule has 2 heterocycles. The number of benzene rings is 2. The number of halogens is 2. The highest BCUT2D eigenvalue weighted by molar-refractivity contribution is 7.89. The molecule has 0 spiro atoms. The van der Waals surface area contributed by atoms with Crippen LogP contribution in [0.4, 0.5) is 4.39 Å². The van der Waals surface area contributed by atoms with Crippen molar-refractivity contribution in [3.63, 3.8) is 0 Å². The van der Waals surface area contributed by atoms with Gasteiger partial charge in [-0.15, -0.1) is 0 Å². The van der Waals surface area contributed by atoms with E-state index in [9.17, 15) is 17.6 Å². The predicted molar refractivity (Wildman–Crippen MR) is 114 cm³/mol. The Labute approximate surface area is 184 Å². The van der Waals surface area contributed by atoms with Crippen LogP contribution in [0.5, 0.6) is 0 Å². The summed E-state index contributed by atoms with van der Waals surface area (Å²) in [7, 11) is -3.83. The van der Waals surface area contributed by atoms with Crippen LogP contribution < -0.4 is 0 Å². The first-order valence-electron chi connectivity index (χ1n) is 9.63. The van der Waals surface area contributed by atoms with Crippen LogP contribution >= 0.6 is 11.6 Å². The van der Waals surface area contributed by atoms with Crippen LogP contribution in [0.1, 0.15) is 16.1 Å². The van der Waals surface area contributed by atoms with Gasteiger partial charge >= 0.3 is 0 Å². The van der Waals surface area contributed by atoms with Crippen molar-refractivity contribution >= 4 is 27.5 Å². The maximum absolute atomic E-state index is 13.4. The Morgan fingerprint density at radius 1 is 1.06 bits per heavy atom. The summed E-state index contributed by atoms with van der Waals surface area (Å²) in [6, 6.07) is 12.8. The number of aromatic nitrogens is 2. The van der Waals surface area contributed by atoms with Crippen LogP contribution in [0.25, 0.3) is 5.69 Å². The number of para-hydroxylation sites is 1. The van der Waals surface area contributed by atoms with E-state index in [1.165, 1.54) is 16.6 Å². The topological polar surface area (TPSA) is 75.5 Å². The van der Waals surface area contributed by atoms with E-state index >= 15 is 0 Å². The second kappa shape index (κ2) is 8.41. The SMILES string of the molecule is Cc1c(C(=O)N2CCN(S(=O)(=O)c3ccc(F)c(Cl)c3)CC2)cnn1-c1ccccc1. The lowest BCUT2D eigenvalue weighted by Crippen LogP contribution is -2.50. The highest BCUT2D eigenvalue weighted by Crippen LogP contribution is 2.24. The molecular formula is C21H20ClFN4O3S. The normalized spacial score (nSPS) is 15.3. The minimum Gasteiger partial charge on any atom is -0.336 e. The fourth-order valence-corrected chi connectivity index (χ4v) is 5.23. The zero-order valence-electron chi connectivity index (χ0n) is 16.7. The molecule has 1 aliphatic rings. The Bertz CT molecular complexity index is 1220. The van der Waals surface area contributed by atoms with Crippen LogP contribution in [0.2, 0.25) is 5.02 Å². The molecule has 162 valence electrons. The Kier molecular flexibility index (Phi) is 5.83. The van der Waals surface area contributed by atoms with Gasteiger partial charge < -0.3 is 4.90 Å². The van der Waals surface area contributed by atoms with Gasteiger partial charge in [0, 0.05) is 26.2 Å². The van der Waals surface area contributed by atoms with Crippen LogP contribution in [0.15, 0.2) is 59.6 Å². The summed E-state index contributed by atoms with van der Waals surface area (Å²) in [5, 5.41) is 4.08. The number of carbonyl (C=O) groups excluding carboxylic acids is 1. The summed E-state index contributed by atoms with van der Waals surface area (Å²) in [5.41, 5.74) is 2.05. The molecule has 1 aromatic heterocycles. The summed E-state index contributed by atoms with van der Waals surface area (Å²) in [5.74, 6) is -0.871. The summed E-state index contributed by atoms with van der Waals surface area (Å²) in [6.45, 7) is 2.57. The molecule has 7 nitrogen and oxygen atoms in total. The molecule has 1 fully saturated rings. The number of carbonyl (C=O) groups is 1. The van der Waals surface area contributed by atoms with Gasteiger partial charge in [0.15, 0.2) is 0 Å². The quantitative estimate of drug-likeness (QED) is 0.597. The van der Waals surface area contributed by atoms with E-state index in [0.29, 0.717) is 11.3 Å². The number of piperazine rings is 1. The third kappa shape index (κ3) is 4.08. The van der Waals surface area contributed by atoms with Crippen molar-refractivity contribution in [2.45, 2.75) is 11.8 Å². The van der Waals surface area contributed by atoms with Gasteiger partial charge in [0.2, 0.25) is 10.0 Å². The van der Waals surface area contributed by atoms with Gasteiger partial charge in [0.25, 0.3) is 5.91 Å². The summed E-state index contributed by atoms with van der Waals surface area (Å²) >= 11 is 5.73. The van der Waals surface area contributed by atoms with Crippen molar-refractivity contribution in [3.05, 3.63) is 76.8 Å². The maximum Gasteiger partial charge on any atom is 0.257 e. The molecule has 0 bridgehead atoms. The van der Waals surface area contributed by atoms with Crippen molar-refractivity contribution in [2.75, 3.05) is 26.2 Å². The molecule has 0 saturated carbocycles. The first-order valence-corrected chi connectivity index (χ1v) is 11.5. The third-order valence-electron chi connectivity index (χ3n) is 5.30. The molecule has 1 aliphatic heterocycles. The van der Waals surface area contributed by atoms with Gasteiger partial charge in [-0.3, -0.25) is 4.79 Å². The molecule has 0 aliphatic carbocycles. The molecular weight excluding hydrogens is 443 g/mol. The zero-order chi connectivity index (χ0) is 22.2. The van der Waals surface area contributed by atoms with Crippen molar-refractivity contribution < 1.29 is 17.6 Å². The van der Waals surface area contributed by atoms with Crippen molar-refractivity contribution in [2.24, 2.45) is 0 Å². The molecule has 31 heavy (non-hydrogen) atoms. The Hall–Kier alpha value is -2.75. The molecule has 4 rings (SSSR count). The number of amides is 1. The van der Waals surface area contributed by atoms with Gasteiger partial charge in [0.05, 0.1) is 33.1 Å². The zero-order valence-corrected chi connectivity index (χ0v) is 18.3. The number of hydrogen-bond donors (Lipinski definition) is 0. The fourth-order valence-electron chi connectivity index (χ4n) is 3.54. The molecule has 0 atom stereocenters. The maximum atomic E-state index is 13.4. The number of nitrogens with zero attached hydrogens (tertiary/aromatic N) is 4. The van der Waals surface area contributed by atoms with Gasteiger partial charge in [-0.2, -0.15) is 9.40 Å². The second-order valence-corrected chi connectivity index (χ2v) is 9.51. The lowest BCUT2D eigenvalue weighted by Gasteiger charge is -2.34. The van der Waals surface area contributed by atoms with Gasteiger partial charge in [0.1, 0.15) is 5.82 Å². The summed E-state index contributed by atoms with van der Waals surface area (Å²) in [4.78, 5) is 14.6. The Balaban J connectivity index is 1.47. The molecule has 3 aromatic rings. The van der Waals surface area contributed by atoms with Crippen LogP contribution in [-0.4, -0.2) is 59.5 Å². The van der Waals surface area contributed by atoms with Crippen LogP contribution in [0.3, 0.4) is 0 Å². The molecule has 1 saturated heterocycles. The average Bonchev–Trinajstić information content (AvgIpc) is 3.17. The van der Waals surface area contributed by atoms with Crippen molar-refractivity contribution in [3.8, 4) is 5.69 Å². The Morgan fingerprint density at radius 3 is 2.39 bits per heavy atom. The minimum atomic E-state index is -3.83. The van der Waals surface area contributed by atoms with Crippen molar-refractivity contribution in [1.82, 2.24) is 19.0 Å².